The Hall–Kier alpha value is -2.25. The maximum atomic E-state index is 14.1. The first-order chi connectivity index (χ1) is 10.4. The Morgan fingerprint density at radius 2 is 1.96 bits per heavy atom. The first kappa shape index (κ1) is 17.1. The number of aromatic amines is 1. The van der Waals surface area contributed by atoms with Gasteiger partial charge in [0.15, 0.2) is 17.5 Å². The maximum absolute atomic E-state index is 14.1. The minimum atomic E-state index is -1.04. The lowest BCUT2D eigenvalue weighted by Crippen LogP contribution is -2.21. The van der Waals surface area contributed by atoms with Crippen LogP contribution in [0.1, 0.15) is 5.56 Å². The van der Waals surface area contributed by atoms with E-state index in [-0.39, 0.29) is 33.7 Å². The van der Waals surface area contributed by atoms with Crippen LogP contribution in [0, 0.1) is 23.0 Å². The molecule has 2 heterocycles. The highest BCUT2D eigenvalue weighted by Gasteiger charge is 2.19. The van der Waals surface area contributed by atoms with Crippen LogP contribution in [0.25, 0.3) is 16.6 Å². The molecule has 0 aliphatic carbocycles. The zero-order valence-corrected chi connectivity index (χ0v) is 14.4. The SMILES string of the molecule is Br.N#Cc1cc(F)c(-n2cc(Br)c3[nH]nc(N)c3c2=O)c(F)c1. The van der Waals surface area contributed by atoms with Crippen LogP contribution in [-0.2, 0) is 0 Å². The molecule has 0 saturated heterocycles. The van der Waals surface area contributed by atoms with E-state index in [0.29, 0.717) is 9.99 Å². The Morgan fingerprint density at radius 3 is 2.52 bits per heavy atom. The summed E-state index contributed by atoms with van der Waals surface area (Å²) in [5.41, 5.74) is 4.43. The van der Waals surface area contributed by atoms with E-state index in [0.717, 1.165) is 16.7 Å². The van der Waals surface area contributed by atoms with Crippen molar-refractivity contribution in [1.29, 1.82) is 5.26 Å². The molecule has 2 aromatic heterocycles. The van der Waals surface area contributed by atoms with Crippen LogP contribution in [-0.4, -0.2) is 14.8 Å². The number of halogens is 4. The topological polar surface area (TPSA) is 100 Å². The second kappa shape index (κ2) is 6.10. The van der Waals surface area contributed by atoms with Crippen molar-refractivity contribution >= 4 is 49.6 Å². The van der Waals surface area contributed by atoms with E-state index in [2.05, 4.69) is 26.1 Å². The van der Waals surface area contributed by atoms with Gasteiger partial charge in [0.25, 0.3) is 5.56 Å². The smallest absolute Gasteiger partial charge is 0.268 e. The lowest BCUT2D eigenvalue weighted by Gasteiger charge is -2.10. The number of pyridine rings is 1. The Morgan fingerprint density at radius 1 is 1.35 bits per heavy atom. The van der Waals surface area contributed by atoms with Gasteiger partial charge in [-0.1, -0.05) is 0 Å². The fourth-order valence-corrected chi connectivity index (χ4v) is 2.62. The molecule has 3 rings (SSSR count). The Kier molecular flexibility index (Phi) is 4.53. The summed E-state index contributed by atoms with van der Waals surface area (Å²) in [6.45, 7) is 0. The van der Waals surface area contributed by atoms with Crippen molar-refractivity contribution < 1.29 is 8.78 Å². The number of nitrogens with two attached hydrogens (primary N) is 1. The molecule has 0 amide bonds. The lowest BCUT2D eigenvalue weighted by atomic mass is 10.2. The lowest BCUT2D eigenvalue weighted by molar-refractivity contribution is 0.566. The minimum Gasteiger partial charge on any atom is -0.382 e. The molecule has 0 unspecified atom stereocenters. The van der Waals surface area contributed by atoms with Gasteiger partial charge < -0.3 is 5.73 Å². The molecular weight excluding hydrogens is 440 g/mol. The molecule has 3 N–H and O–H groups in total. The molecule has 10 heteroatoms. The monoisotopic (exact) mass is 445 g/mol. The third kappa shape index (κ3) is 2.62. The van der Waals surface area contributed by atoms with Crippen molar-refractivity contribution in [1.82, 2.24) is 14.8 Å². The second-order valence-electron chi connectivity index (χ2n) is 4.41. The van der Waals surface area contributed by atoms with Gasteiger partial charge in [0, 0.05) is 6.20 Å². The molecule has 0 aliphatic heterocycles. The Labute approximate surface area is 146 Å². The van der Waals surface area contributed by atoms with Gasteiger partial charge in [0.2, 0.25) is 0 Å². The number of nitrogen functional groups attached to an aromatic ring is 1. The number of benzene rings is 1. The molecule has 23 heavy (non-hydrogen) atoms. The Bertz CT molecular complexity index is 999. The number of H-pyrrole nitrogens is 1. The van der Waals surface area contributed by atoms with Gasteiger partial charge in [-0.2, -0.15) is 10.4 Å². The van der Waals surface area contributed by atoms with Crippen molar-refractivity contribution in [3.8, 4) is 11.8 Å². The van der Waals surface area contributed by atoms with Gasteiger partial charge in [0.05, 0.1) is 21.6 Å². The van der Waals surface area contributed by atoms with Crippen LogP contribution >= 0.6 is 32.9 Å². The molecule has 0 atom stereocenters. The number of hydrogen-bond donors (Lipinski definition) is 2. The number of aromatic nitrogens is 3. The van der Waals surface area contributed by atoms with E-state index in [1.165, 1.54) is 6.20 Å². The van der Waals surface area contributed by atoms with Crippen molar-refractivity contribution in [3.63, 3.8) is 0 Å². The first-order valence-corrected chi connectivity index (χ1v) is 6.67. The largest absolute Gasteiger partial charge is 0.382 e. The molecule has 0 spiro atoms. The summed E-state index contributed by atoms with van der Waals surface area (Å²) in [5.74, 6) is -2.15. The molecule has 0 fully saturated rings. The predicted octanol–water partition coefficient (Wildman–Crippen LogP) is 2.79. The number of rotatable bonds is 1. The van der Waals surface area contributed by atoms with Crippen molar-refractivity contribution in [2.75, 3.05) is 5.73 Å². The first-order valence-electron chi connectivity index (χ1n) is 5.88. The van der Waals surface area contributed by atoms with Crippen LogP contribution < -0.4 is 11.3 Å². The average Bonchev–Trinajstić information content (AvgIpc) is 2.86. The third-order valence-electron chi connectivity index (χ3n) is 3.10. The van der Waals surface area contributed by atoms with E-state index >= 15 is 0 Å². The zero-order chi connectivity index (χ0) is 16.0. The molecular formula is C13H7Br2F2N5O. The Balaban J connectivity index is 0.00000192. The molecule has 0 saturated carbocycles. The average molecular weight is 447 g/mol. The van der Waals surface area contributed by atoms with Crippen LogP contribution in [0.15, 0.2) is 27.6 Å². The van der Waals surface area contributed by atoms with E-state index < -0.39 is 22.9 Å². The minimum absolute atomic E-state index is 0. The van der Waals surface area contributed by atoms with E-state index in [1.54, 1.807) is 6.07 Å². The highest BCUT2D eigenvalue weighted by atomic mass is 79.9. The molecule has 118 valence electrons. The number of fused-ring (bicyclic) bond motifs is 1. The van der Waals surface area contributed by atoms with Gasteiger partial charge >= 0.3 is 0 Å². The van der Waals surface area contributed by atoms with Gasteiger partial charge in [-0.15, -0.1) is 17.0 Å². The molecule has 0 radical (unpaired) electrons. The third-order valence-corrected chi connectivity index (χ3v) is 3.70. The number of nitrogens with one attached hydrogen (secondary N) is 1. The molecule has 6 nitrogen and oxygen atoms in total. The highest BCUT2D eigenvalue weighted by Crippen LogP contribution is 2.25. The van der Waals surface area contributed by atoms with Crippen LogP contribution in [0.2, 0.25) is 0 Å². The van der Waals surface area contributed by atoms with Crippen molar-refractivity contribution in [3.05, 3.63) is 50.4 Å². The fraction of sp³-hybridized carbons (Fsp3) is 0. The summed E-state index contributed by atoms with van der Waals surface area (Å²) in [7, 11) is 0. The second-order valence-corrected chi connectivity index (χ2v) is 5.27. The van der Waals surface area contributed by atoms with Crippen LogP contribution in [0.4, 0.5) is 14.6 Å². The van der Waals surface area contributed by atoms with E-state index in [9.17, 15) is 13.6 Å². The quantitative estimate of drug-likeness (QED) is 0.600. The fourth-order valence-electron chi connectivity index (χ4n) is 2.13. The predicted molar refractivity (Wildman–Crippen MR) is 88.8 cm³/mol. The van der Waals surface area contributed by atoms with Crippen molar-refractivity contribution in [2.45, 2.75) is 0 Å². The summed E-state index contributed by atoms with van der Waals surface area (Å²) in [6.07, 6.45) is 1.20. The molecule has 1 aromatic carbocycles. The number of anilines is 1. The van der Waals surface area contributed by atoms with E-state index in [4.69, 9.17) is 11.0 Å². The van der Waals surface area contributed by atoms with Gasteiger partial charge in [0.1, 0.15) is 11.1 Å². The van der Waals surface area contributed by atoms with Crippen LogP contribution in [0.5, 0.6) is 0 Å². The van der Waals surface area contributed by atoms with Crippen LogP contribution in [0.3, 0.4) is 0 Å². The highest BCUT2D eigenvalue weighted by molar-refractivity contribution is 9.10. The normalized spacial score (nSPS) is 10.3. The van der Waals surface area contributed by atoms with Gasteiger partial charge in [-0.3, -0.25) is 14.5 Å². The summed E-state index contributed by atoms with van der Waals surface area (Å²) in [4.78, 5) is 12.4. The number of nitriles is 1. The maximum Gasteiger partial charge on any atom is 0.268 e. The molecule has 0 aliphatic rings. The van der Waals surface area contributed by atoms with Crippen molar-refractivity contribution in [2.24, 2.45) is 0 Å². The summed E-state index contributed by atoms with van der Waals surface area (Å²) in [5, 5.41) is 15.0. The van der Waals surface area contributed by atoms with Gasteiger partial charge in [-0.25, -0.2) is 8.78 Å². The number of nitrogens with zero attached hydrogens (tertiary/aromatic N) is 3. The molecule has 0 bridgehead atoms. The summed E-state index contributed by atoms with van der Waals surface area (Å²) in [6, 6.07) is 3.33. The zero-order valence-electron chi connectivity index (χ0n) is 11.1. The van der Waals surface area contributed by atoms with E-state index in [1.807, 2.05) is 0 Å². The standard InChI is InChI=1S/C13H6BrF2N5O.BrH/c14-6-4-21(13(22)9-10(6)19-20-12(9)18)11-7(15)1-5(3-17)2-8(11)16;/h1-2,4H,(H3,18,19,20);1H. The molecule has 3 aromatic rings. The summed E-state index contributed by atoms with van der Waals surface area (Å²) < 4.78 is 29.3. The summed E-state index contributed by atoms with van der Waals surface area (Å²) >= 11 is 3.19. The van der Waals surface area contributed by atoms with Gasteiger partial charge in [-0.05, 0) is 28.1 Å². The number of hydrogen-bond acceptors (Lipinski definition) is 4.